The lowest BCUT2D eigenvalue weighted by Gasteiger charge is -2.10. The molecule has 37 heavy (non-hydrogen) atoms. The van der Waals surface area contributed by atoms with Crippen LogP contribution in [0.4, 0.5) is 29.2 Å². The van der Waals surface area contributed by atoms with Gasteiger partial charge in [-0.1, -0.05) is 54.6 Å². The Labute approximate surface area is 211 Å². The predicted molar refractivity (Wildman–Crippen MR) is 142 cm³/mol. The van der Waals surface area contributed by atoms with Gasteiger partial charge >= 0.3 is 5.97 Å². The lowest BCUT2D eigenvalue weighted by molar-refractivity contribution is 0.0697. The highest BCUT2D eigenvalue weighted by Crippen LogP contribution is 2.25. The van der Waals surface area contributed by atoms with Crippen LogP contribution in [-0.2, 0) is 0 Å². The molecule has 0 radical (unpaired) electrons. The highest BCUT2D eigenvalue weighted by Gasteiger charge is 2.13. The molecule has 0 aliphatic carbocycles. The van der Waals surface area contributed by atoms with E-state index in [9.17, 15) is 9.90 Å². The number of carbonyl (C=O) groups is 1. The summed E-state index contributed by atoms with van der Waals surface area (Å²) in [5.41, 5.74) is 5.07. The number of anilines is 5. The van der Waals surface area contributed by atoms with E-state index in [2.05, 4.69) is 36.1 Å². The summed E-state index contributed by atoms with van der Waals surface area (Å²) in [6, 6.07) is 29.1. The molecular formula is C27H21N7O3. The molecule has 2 heterocycles. The molecular weight excluding hydrogens is 470 g/mol. The molecule has 0 unspecified atom stereocenters. The Morgan fingerprint density at radius 3 is 1.92 bits per heavy atom. The minimum absolute atomic E-state index is 0.153. The van der Waals surface area contributed by atoms with Gasteiger partial charge in [0.25, 0.3) is 0 Å². The summed E-state index contributed by atoms with van der Waals surface area (Å²) in [5, 5.41) is 19.9. The number of carboxylic acid groups (broad SMARTS) is 1. The molecule has 0 amide bonds. The van der Waals surface area contributed by atoms with E-state index in [0.717, 1.165) is 11.4 Å². The molecule has 4 N–H and O–H groups in total. The van der Waals surface area contributed by atoms with Crippen LogP contribution in [0.5, 0.6) is 0 Å². The zero-order valence-electron chi connectivity index (χ0n) is 19.4. The molecule has 0 bridgehead atoms. The van der Waals surface area contributed by atoms with Crippen LogP contribution in [0, 0.1) is 0 Å². The van der Waals surface area contributed by atoms with Gasteiger partial charge in [0.15, 0.2) is 0 Å². The predicted octanol–water partition coefficient (Wildman–Crippen LogP) is 5.76. The molecule has 5 rings (SSSR count). The summed E-state index contributed by atoms with van der Waals surface area (Å²) in [7, 11) is 0. The van der Waals surface area contributed by atoms with E-state index < -0.39 is 5.97 Å². The SMILES string of the molecule is O=C(O)c1ccccc1-c1ccc(/C=N/Nc2nc(Nc3ccccc3)nc(Nc3ccccc3)n2)o1. The molecule has 0 fully saturated rings. The van der Waals surface area contributed by atoms with Gasteiger partial charge in [0.2, 0.25) is 17.8 Å². The number of hydrogen-bond donors (Lipinski definition) is 4. The van der Waals surface area contributed by atoms with Crippen molar-refractivity contribution in [3.63, 3.8) is 0 Å². The molecule has 2 aromatic heterocycles. The second-order valence-electron chi connectivity index (χ2n) is 7.71. The Hall–Kier alpha value is -5.51. The van der Waals surface area contributed by atoms with Crippen molar-refractivity contribution in [1.29, 1.82) is 0 Å². The fourth-order valence-corrected chi connectivity index (χ4v) is 3.44. The van der Waals surface area contributed by atoms with Crippen LogP contribution in [0.15, 0.2) is 107 Å². The first kappa shape index (κ1) is 23.2. The molecule has 0 saturated carbocycles. The Kier molecular flexibility index (Phi) is 6.80. The topological polar surface area (TPSA) is 138 Å². The summed E-state index contributed by atoms with van der Waals surface area (Å²) in [5.74, 6) is 0.653. The van der Waals surface area contributed by atoms with Gasteiger partial charge in [-0.25, -0.2) is 10.2 Å². The van der Waals surface area contributed by atoms with Crippen LogP contribution < -0.4 is 16.1 Å². The highest BCUT2D eigenvalue weighted by atomic mass is 16.4. The van der Waals surface area contributed by atoms with Crippen molar-refractivity contribution in [2.75, 3.05) is 16.1 Å². The van der Waals surface area contributed by atoms with E-state index in [-0.39, 0.29) is 11.5 Å². The van der Waals surface area contributed by atoms with Crippen molar-refractivity contribution in [1.82, 2.24) is 15.0 Å². The van der Waals surface area contributed by atoms with Gasteiger partial charge < -0.3 is 20.2 Å². The minimum atomic E-state index is -1.03. The third-order valence-corrected chi connectivity index (χ3v) is 5.10. The molecule has 182 valence electrons. The fraction of sp³-hybridized carbons (Fsp3) is 0. The summed E-state index contributed by atoms with van der Waals surface area (Å²) in [6.07, 6.45) is 1.45. The van der Waals surface area contributed by atoms with Gasteiger partial charge in [0.05, 0.1) is 11.8 Å². The molecule has 5 aromatic rings. The number of rotatable bonds is 9. The number of para-hydroxylation sites is 2. The van der Waals surface area contributed by atoms with Crippen LogP contribution in [0.3, 0.4) is 0 Å². The molecule has 0 saturated heterocycles. The lowest BCUT2D eigenvalue weighted by Crippen LogP contribution is -2.07. The largest absolute Gasteiger partial charge is 0.478 e. The zero-order valence-corrected chi connectivity index (χ0v) is 19.4. The van der Waals surface area contributed by atoms with Crippen molar-refractivity contribution in [3.8, 4) is 11.3 Å². The molecule has 0 aliphatic rings. The number of aromatic nitrogens is 3. The second-order valence-corrected chi connectivity index (χ2v) is 7.71. The molecule has 3 aromatic carbocycles. The summed E-state index contributed by atoms with van der Waals surface area (Å²) in [4.78, 5) is 24.7. The van der Waals surface area contributed by atoms with E-state index >= 15 is 0 Å². The molecule has 0 atom stereocenters. The molecule has 10 nitrogen and oxygen atoms in total. The quantitative estimate of drug-likeness (QED) is 0.150. The number of hydrogen-bond acceptors (Lipinski definition) is 9. The van der Waals surface area contributed by atoms with Gasteiger partial charge in [-0.15, -0.1) is 0 Å². The Morgan fingerprint density at radius 1 is 0.730 bits per heavy atom. The molecule has 0 spiro atoms. The van der Waals surface area contributed by atoms with E-state index in [1.165, 1.54) is 12.3 Å². The summed E-state index contributed by atoms with van der Waals surface area (Å²) >= 11 is 0. The highest BCUT2D eigenvalue weighted by molar-refractivity contribution is 5.95. The van der Waals surface area contributed by atoms with Crippen LogP contribution in [0.2, 0.25) is 0 Å². The average Bonchev–Trinajstić information content (AvgIpc) is 3.38. The number of benzene rings is 3. The summed E-state index contributed by atoms with van der Waals surface area (Å²) in [6.45, 7) is 0. The Balaban J connectivity index is 1.35. The van der Waals surface area contributed by atoms with E-state index in [1.54, 1.807) is 30.3 Å². The van der Waals surface area contributed by atoms with Crippen molar-refractivity contribution in [2.24, 2.45) is 5.10 Å². The maximum Gasteiger partial charge on any atom is 0.336 e. The van der Waals surface area contributed by atoms with Gasteiger partial charge in [-0.05, 0) is 42.5 Å². The average molecular weight is 492 g/mol. The monoisotopic (exact) mass is 491 g/mol. The van der Waals surface area contributed by atoms with E-state index in [1.807, 2.05) is 60.7 Å². The van der Waals surface area contributed by atoms with E-state index in [4.69, 9.17) is 4.42 Å². The van der Waals surface area contributed by atoms with Gasteiger partial charge in [-0.3, -0.25) is 0 Å². The smallest absolute Gasteiger partial charge is 0.336 e. The van der Waals surface area contributed by atoms with Crippen LogP contribution in [0.25, 0.3) is 11.3 Å². The minimum Gasteiger partial charge on any atom is -0.478 e. The lowest BCUT2D eigenvalue weighted by atomic mass is 10.1. The standard InChI is InChI=1S/C27H21N7O3/c35-24(36)22-14-8-7-13-21(22)23-16-15-20(37-23)17-28-34-27-32-25(29-18-9-3-1-4-10-18)31-26(33-27)30-19-11-5-2-6-12-19/h1-17H,(H,35,36)(H3,29,30,31,32,33,34)/b28-17+. The van der Waals surface area contributed by atoms with Gasteiger partial charge in [0, 0.05) is 16.9 Å². The number of carboxylic acids is 1. The second kappa shape index (κ2) is 10.8. The maximum absolute atomic E-state index is 11.5. The zero-order chi connectivity index (χ0) is 25.5. The van der Waals surface area contributed by atoms with Crippen molar-refractivity contribution < 1.29 is 14.3 Å². The number of nitrogens with one attached hydrogen (secondary N) is 3. The first-order valence-corrected chi connectivity index (χ1v) is 11.3. The first-order chi connectivity index (χ1) is 18.1. The van der Waals surface area contributed by atoms with Crippen LogP contribution in [0.1, 0.15) is 16.1 Å². The van der Waals surface area contributed by atoms with Gasteiger partial charge in [0.1, 0.15) is 11.5 Å². The maximum atomic E-state index is 11.5. The first-order valence-electron chi connectivity index (χ1n) is 11.3. The number of furan rings is 1. The number of aromatic carboxylic acids is 1. The summed E-state index contributed by atoms with van der Waals surface area (Å²) < 4.78 is 5.77. The number of hydrazone groups is 1. The van der Waals surface area contributed by atoms with Gasteiger partial charge in [-0.2, -0.15) is 20.1 Å². The molecule has 0 aliphatic heterocycles. The normalized spacial score (nSPS) is 10.8. The van der Waals surface area contributed by atoms with Crippen LogP contribution >= 0.6 is 0 Å². The van der Waals surface area contributed by atoms with Crippen LogP contribution in [-0.4, -0.2) is 32.2 Å². The van der Waals surface area contributed by atoms with E-state index in [0.29, 0.717) is 29.0 Å². The third kappa shape index (κ3) is 5.95. The van der Waals surface area contributed by atoms with Crippen molar-refractivity contribution >= 4 is 41.4 Å². The molecule has 10 heteroatoms. The number of nitrogens with zero attached hydrogens (tertiary/aromatic N) is 4. The Morgan fingerprint density at radius 2 is 1.30 bits per heavy atom. The fourth-order valence-electron chi connectivity index (χ4n) is 3.44. The van der Waals surface area contributed by atoms with Crippen molar-refractivity contribution in [2.45, 2.75) is 0 Å². The third-order valence-electron chi connectivity index (χ3n) is 5.10. The van der Waals surface area contributed by atoms with Crippen molar-refractivity contribution in [3.05, 3.63) is 108 Å². The Bertz CT molecular complexity index is 1480.